The third-order valence-electron chi connectivity index (χ3n) is 3.39. The topological polar surface area (TPSA) is 111 Å². The average Bonchev–Trinajstić information content (AvgIpc) is 2.59. The fourth-order valence-electron chi connectivity index (χ4n) is 2.11. The Labute approximate surface area is 154 Å². The van der Waals surface area contributed by atoms with Gasteiger partial charge in [-0.1, -0.05) is 37.3 Å². The first-order valence-corrected chi connectivity index (χ1v) is 10.0. The number of sulfonamides is 1. The molecule has 1 amide bonds. The van der Waals surface area contributed by atoms with Crippen molar-refractivity contribution in [2.24, 2.45) is 5.92 Å². The van der Waals surface area contributed by atoms with Gasteiger partial charge in [-0.15, -0.1) is 0 Å². The molecule has 0 aliphatic carbocycles. The predicted octanol–water partition coefficient (Wildman–Crippen LogP) is 1.77. The largest absolute Gasteiger partial charge is 0.466 e. The minimum atomic E-state index is -3.58. The van der Waals surface area contributed by atoms with Crippen LogP contribution in [0.1, 0.15) is 32.3 Å². The number of nitrogens with one attached hydrogen (secondary N) is 2. The van der Waals surface area contributed by atoms with Crippen LogP contribution in [0.2, 0.25) is 0 Å². The van der Waals surface area contributed by atoms with E-state index in [4.69, 9.17) is 9.47 Å². The van der Waals surface area contributed by atoms with Crippen molar-refractivity contribution < 1.29 is 27.5 Å². The van der Waals surface area contributed by atoms with Crippen LogP contribution in [0.15, 0.2) is 30.3 Å². The van der Waals surface area contributed by atoms with E-state index in [1.165, 1.54) is 0 Å². The van der Waals surface area contributed by atoms with Crippen LogP contribution in [0.5, 0.6) is 0 Å². The number of ether oxygens (including phenoxy) is 2. The number of amides is 1. The molecule has 0 aliphatic heterocycles. The molecule has 0 radical (unpaired) electrons. The molecule has 1 rings (SSSR count). The van der Waals surface area contributed by atoms with Crippen molar-refractivity contribution in [3.05, 3.63) is 35.9 Å². The van der Waals surface area contributed by atoms with Gasteiger partial charge in [0.15, 0.2) is 0 Å². The fraction of sp³-hybridized carbons (Fsp3) is 0.529. The lowest BCUT2D eigenvalue weighted by Crippen LogP contribution is -2.39. The highest BCUT2D eigenvalue weighted by Crippen LogP contribution is 2.09. The van der Waals surface area contributed by atoms with Gasteiger partial charge in [-0.2, -0.15) is 4.72 Å². The molecule has 2 N–H and O–H groups in total. The lowest BCUT2D eigenvalue weighted by molar-refractivity contribution is -0.143. The second-order valence-electron chi connectivity index (χ2n) is 5.79. The summed E-state index contributed by atoms with van der Waals surface area (Å²) in [6.45, 7) is 3.59. The molecule has 0 heterocycles. The van der Waals surface area contributed by atoms with Crippen molar-refractivity contribution in [1.82, 2.24) is 10.0 Å². The Morgan fingerprint density at radius 1 is 1.15 bits per heavy atom. The number of rotatable bonds is 11. The summed E-state index contributed by atoms with van der Waals surface area (Å²) in [4.78, 5) is 22.8. The Hall–Kier alpha value is -2.13. The molecule has 0 aromatic heterocycles. The molecule has 1 aromatic carbocycles. The highest BCUT2D eigenvalue weighted by Gasteiger charge is 2.17. The molecule has 146 valence electrons. The summed E-state index contributed by atoms with van der Waals surface area (Å²) < 4.78 is 36.0. The third kappa shape index (κ3) is 10.00. The van der Waals surface area contributed by atoms with Crippen LogP contribution in [0, 0.1) is 5.92 Å². The lowest BCUT2D eigenvalue weighted by atomic mass is 10.1. The average molecular weight is 386 g/mol. The quantitative estimate of drug-likeness (QED) is 0.443. The Morgan fingerprint density at radius 3 is 2.50 bits per heavy atom. The second kappa shape index (κ2) is 11.5. The summed E-state index contributed by atoms with van der Waals surface area (Å²) in [6.07, 6.45) is -0.132. The molecule has 1 aromatic rings. The smallest absolute Gasteiger partial charge is 0.408 e. The van der Waals surface area contributed by atoms with Gasteiger partial charge >= 0.3 is 12.1 Å². The first-order chi connectivity index (χ1) is 12.3. The molecular weight excluding hydrogens is 360 g/mol. The third-order valence-corrected chi connectivity index (χ3v) is 4.98. The molecule has 9 heteroatoms. The number of carbonyl (C=O) groups is 2. The van der Waals surface area contributed by atoms with Crippen LogP contribution in [0.3, 0.4) is 0 Å². The molecule has 1 atom stereocenters. The maximum Gasteiger partial charge on any atom is 0.408 e. The van der Waals surface area contributed by atoms with Gasteiger partial charge in [-0.3, -0.25) is 4.79 Å². The monoisotopic (exact) mass is 386 g/mol. The van der Waals surface area contributed by atoms with E-state index in [1.54, 1.807) is 13.8 Å². The molecule has 26 heavy (non-hydrogen) atoms. The van der Waals surface area contributed by atoms with E-state index in [2.05, 4.69) is 10.0 Å². The van der Waals surface area contributed by atoms with Crippen LogP contribution in [-0.4, -0.2) is 39.5 Å². The van der Waals surface area contributed by atoms with Crippen LogP contribution in [0.25, 0.3) is 0 Å². The van der Waals surface area contributed by atoms with E-state index in [-0.39, 0.29) is 37.3 Å². The zero-order chi connectivity index (χ0) is 19.4. The molecule has 1 unspecified atom stereocenters. The van der Waals surface area contributed by atoms with Gasteiger partial charge in [0.25, 0.3) is 0 Å². The maximum absolute atomic E-state index is 12.0. The van der Waals surface area contributed by atoms with Crippen LogP contribution >= 0.6 is 0 Å². The summed E-state index contributed by atoms with van der Waals surface area (Å²) in [7, 11) is -3.58. The Kier molecular flexibility index (Phi) is 9.67. The predicted molar refractivity (Wildman–Crippen MR) is 96.6 cm³/mol. The summed E-state index contributed by atoms with van der Waals surface area (Å²) >= 11 is 0. The van der Waals surface area contributed by atoms with Gasteiger partial charge < -0.3 is 14.8 Å². The molecule has 0 bridgehead atoms. The van der Waals surface area contributed by atoms with E-state index < -0.39 is 16.1 Å². The summed E-state index contributed by atoms with van der Waals surface area (Å²) in [5.41, 5.74) is 0.832. The van der Waals surface area contributed by atoms with E-state index in [0.29, 0.717) is 13.0 Å². The molecule has 0 aliphatic rings. The van der Waals surface area contributed by atoms with Gasteiger partial charge in [0, 0.05) is 6.42 Å². The van der Waals surface area contributed by atoms with Crippen LogP contribution in [-0.2, 0) is 30.9 Å². The number of hydrogen-bond donors (Lipinski definition) is 2. The molecule has 8 nitrogen and oxygen atoms in total. The van der Waals surface area contributed by atoms with E-state index in [9.17, 15) is 18.0 Å². The molecule has 0 saturated carbocycles. The van der Waals surface area contributed by atoms with Gasteiger partial charge in [0.1, 0.15) is 6.61 Å². The molecule has 0 saturated heterocycles. The zero-order valence-electron chi connectivity index (χ0n) is 15.1. The first kappa shape index (κ1) is 21.9. The first-order valence-electron chi connectivity index (χ1n) is 8.40. The van der Waals surface area contributed by atoms with Gasteiger partial charge in [-0.25, -0.2) is 13.2 Å². The number of alkyl carbamates (subject to hydrolysis) is 1. The highest BCUT2D eigenvalue weighted by molar-refractivity contribution is 7.89. The lowest BCUT2D eigenvalue weighted by Gasteiger charge is -2.13. The van der Waals surface area contributed by atoms with Crippen molar-refractivity contribution in [2.75, 3.05) is 19.0 Å². The van der Waals surface area contributed by atoms with Crippen molar-refractivity contribution in [1.29, 1.82) is 0 Å². The molecular formula is C17H26N2O6S. The van der Waals surface area contributed by atoms with E-state index >= 15 is 0 Å². The van der Waals surface area contributed by atoms with E-state index in [0.717, 1.165) is 5.56 Å². The highest BCUT2D eigenvalue weighted by atomic mass is 32.2. The Morgan fingerprint density at radius 2 is 1.85 bits per heavy atom. The molecule has 0 fully saturated rings. The van der Waals surface area contributed by atoms with Crippen molar-refractivity contribution in [3.8, 4) is 0 Å². The number of carbonyl (C=O) groups excluding carboxylic acids is 2. The van der Waals surface area contributed by atoms with Crippen molar-refractivity contribution in [3.63, 3.8) is 0 Å². The zero-order valence-corrected chi connectivity index (χ0v) is 15.9. The summed E-state index contributed by atoms with van der Waals surface area (Å²) in [5, 5.41) is 2.32. The van der Waals surface area contributed by atoms with Crippen LogP contribution < -0.4 is 10.0 Å². The summed E-state index contributed by atoms with van der Waals surface area (Å²) in [5.74, 6) is -0.706. The van der Waals surface area contributed by atoms with Crippen molar-refractivity contribution >= 4 is 22.1 Å². The normalized spacial score (nSPS) is 12.2. The Balaban J connectivity index is 2.23. The fourth-order valence-corrected chi connectivity index (χ4v) is 3.43. The Bertz CT molecular complexity index is 663. The van der Waals surface area contributed by atoms with Gasteiger partial charge in [-0.05, 0) is 24.8 Å². The minimum Gasteiger partial charge on any atom is -0.466 e. The SMILES string of the molecule is CCOC(=O)CCC(C)CS(=O)(=O)NCNC(=O)OCc1ccccc1. The minimum absolute atomic E-state index is 0.102. The summed E-state index contributed by atoms with van der Waals surface area (Å²) in [6, 6.07) is 9.13. The standard InChI is InChI=1S/C17H26N2O6S/c1-3-24-16(20)10-9-14(2)12-26(22,23)19-13-18-17(21)25-11-15-7-5-4-6-8-15/h4-8,14,19H,3,9-13H2,1-2H3,(H,18,21). The second-order valence-corrected chi connectivity index (χ2v) is 7.64. The van der Waals surface area contributed by atoms with Crippen LogP contribution in [0.4, 0.5) is 4.79 Å². The maximum atomic E-state index is 12.0. The van der Waals surface area contributed by atoms with Gasteiger partial charge in [0.05, 0.1) is 19.0 Å². The molecule has 0 spiro atoms. The number of benzene rings is 1. The van der Waals surface area contributed by atoms with E-state index in [1.807, 2.05) is 30.3 Å². The number of esters is 1. The van der Waals surface area contributed by atoms with Crippen molar-refractivity contribution in [2.45, 2.75) is 33.3 Å². The number of hydrogen-bond acceptors (Lipinski definition) is 6. The van der Waals surface area contributed by atoms with Gasteiger partial charge in [0.2, 0.25) is 10.0 Å².